The molecule has 1 aromatic heterocycles. The summed E-state index contributed by atoms with van der Waals surface area (Å²) in [4.78, 5) is 38.6. The molecule has 3 fully saturated rings. The Balaban J connectivity index is 1.30. The molecule has 0 aromatic carbocycles. The average Bonchev–Trinajstić information content (AvgIpc) is 3.39. The zero-order valence-corrected chi connectivity index (χ0v) is 29.5. The maximum atomic E-state index is 13.6. The molecule has 0 saturated heterocycles. The van der Waals surface area contributed by atoms with Gasteiger partial charge in [0, 0.05) is 53.0 Å². The van der Waals surface area contributed by atoms with Crippen LogP contribution in [0.15, 0.2) is 42.1 Å². The van der Waals surface area contributed by atoms with E-state index in [4.69, 9.17) is 9.84 Å². The van der Waals surface area contributed by atoms with Gasteiger partial charge in [-0.1, -0.05) is 65.9 Å². The van der Waals surface area contributed by atoms with Crippen LogP contribution in [0.4, 0.5) is 0 Å². The number of ketones is 1. The number of aliphatic hydroxyl groups excluding tert-OH is 1. The number of pyridine rings is 1. The van der Waals surface area contributed by atoms with Crippen LogP contribution in [0.5, 0.6) is 0 Å². The second-order valence-corrected chi connectivity index (χ2v) is 16.1. The lowest BCUT2D eigenvalue weighted by Crippen LogP contribution is -2.63. The summed E-state index contributed by atoms with van der Waals surface area (Å²) < 4.78 is 8.57. The highest BCUT2D eigenvalue weighted by atomic mass is 32.2. The van der Waals surface area contributed by atoms with E-state index in [-0.39, 0.29) is 47.1 Å². The number of carboxylic acids is 1. The van der Waals surface area contributed by atoms with Crippen LogP contribution in [0.25, 0.3) is 0 Å². The van der Waals surface area contributed by atoms with Crippen LogP contribution >= 0.6 is 11.8 Å². The maximum Gasteiger partial charge on any atom is 0.316 e. The van der Waals surface area contributed by atoms with Crippen LogP contribution in [0.2, 0.25) is 0 Å². The molecule has 0 amide bonds. The van der Waals surface area contributed by atoms with Crippen molar-refractivity contribution in [2.24, 2.45) is 34.0 Å². The number of esters is 1. The first kappa shape index (κ1) is 36.6. The SMILES string of the molecule is C=C[C@]1(C)C[C@@H](OC(=O)CSc2cc[n+](CCCCCCCCCCC(=O)O)cc2)[C@]2(C)[C@H](C)CC[C@]3(CCC(=O)[C@H]32)[C@@H](C)[C@@H]1O. The van der Waals surface area contributed by atoms with Gasteiger partial charge in [-0.25, -0.2) is 4.57 Å². The van der Waals surface area contributed by atoms with E-state index in [2.05, 4.69) is 44.3 Å². The van der Waals surface area contributed by atoms with E-state index in [9.17, 15) is 19.5 Å². The van der Waals surface area contributed by atoms with Crippen molar-refractivity contribution in [2.75, 3.05) is 5.75 Å². The number of ether oxygens (including phenoxy) is 1. The van der Waals surface area contributed by atoms with Crippen LogP contribution in [0.3, 0.4) is 0 Å². The molecule has 4 rings (SSSR count). The molecule has 0 radical (unpaired) electrons. The molecule has 1 heterocycles. The van der Waals surface area contributed by atoms with E-state index in [1.165, 1.54) is 37.4 Å². The number of hydrogen-bond donors (Lipinski definition) is 2. The summed E-state index contributed by atoms with van der Waals surface area (Å²) in [5.74, 6) is -0.559. The number of rotatable bonds is 16. The second-order valence-electron chi connectivity index (χ2n) is 15.1. The van der Waals surface area contributed by atoms with Crippen molar-refractivity contribution in [2.45, 2.75) is 141 Å². The Morgan fingerprint density at radius 3 is 2.30 bits per heavy atom. The van der Waals surface area contributed by atoms with Gasteiger partial charge in [0.1, 0.15) is 18.4 Å². The second kappa shape index (κ2) is 15.8. The summed E-state index contributed by atoms with van der Waals surface area (Å²) in [6.07, 6.45) is 17.6. The average molecular weight is 657 g/mol. The normalized spacial score (nSPS) is 33.9. The van der Waals surface area contributed by atoms with Crippen LogP contribution in [0, 0.1) is 34.0 Å². The van der Waals surface area contributed by atoms with Crippen molar-refractivity contribution >= 4 is 29.5 Å². The zero-order valence-electron chi connectivity index (χ0n) is 28.7. The summed E-state index contributed by atoms with van der Waals surface area (Å²) >= 11 is 1.47. The highest BCUT2D eigenvalue weighted by Gasteiger charge is 2.68. The van der Waals surface area contributed by atoms with E-state index in [1.54, 1.807) is 0 Å². The van der Waals surface area contributed by atoms with Gasteiger partial charge in [-0.05, 0) is 55.8 Å². The van der Waals surface area contributed by atoms with Crippen LogP contribution in [0.1, 0.15) is 118 Å². The molecule has 2 bridgehead atoms. The highest BCUT2D eigenvalue weighted by molar-refractivity contribution is 8.00. The van der Waals surface area contributed by atoms with Gasteiger partial charge >= 0.3 is 11.9 Å². The number of thioether (sulfide) groups is 1. The van der Waals surface area contributed by atoms with Gasteiger partial charge in [0.15, 0.2) is 12.4 Å². The number of carbonyl (C=O) groups is 3. The maximum absolute atomic E-state index is 13.6. The molecule has 0 unspecified atom stereocenters. The molecule has 8 atom stereocenters. The number of carboxylic acid groups (broad SMARTS) is 1. The number of aliphatic carboxylic acids is 1. The number of nitrogens with zero attached hydrogens (tertiary/aromatic N) is 1. The number of aromatic nitrogens is 1. The smallest absolute Gasteiger partial charge is 0.316 e. The lowest BCUT2D eigenvalue weighted by molar-refractivity contribution is -0.697. The first-order valence-electron chi connectivity index (χ1n) is 17.7. The lowest BCUT2D eigenvalue weighted by Gasteiger charge is -2.61. The molecular weight excluding hydrogens is 598 g/mol. The Hall–Kier alpha value is -2.19. The zero-order chi connectivity index (χ0) is 33.5. The molecule has 256 valence electrons. The van der Waals surface area contributed by atoms with Crippen LogP contribution in [-0.2, 0) is 25.7 Å². The minimum absolute atomic E-state index is 0.0417. The first-order valence-corrected chi connectivity index (χ1v) is 18.7. The molecule has 3 saturated carbocycles. The summed E-state index contributed by atoms with van der Waals surface area (Å²) in [6, 6.07) is 4.10. The third-order valence-electron chi connectivity index (χ3n) is 12.3. The van der Waals surface area contributed by atoms with Crippen molar-refractivity contribution < 1.29 is 33.9 Å². The fraction of sp³-hybridized carbons (Fsp3) is 0.737. The van der Waals surface area contributed by atoms with Gasteiger partial charge < -0.3 is 14.9 Å². The van der Waals surface area contributed by atoms with Crippen molar-refractivity contribution in [1.82, 2.24) is 0 Å². The Kier molecular flexibility index (Phi) is 12.6. The Morgan fingerprint density at radius 2 is 1.67 bits per heavy atom. The quantitative estimate of drug-likeness (QED) is 0.0622. The van der Waals surface area contributed by atoms with Crippen molar-refractivity contribution in [3.05, 3.63) is 37.2 Å². The van der Waals surface area contributed by atoms with Crippen LogP contribution in [-0.4, -0.2) is 45.9 Å². The molecule has 8 heteroatoms. The summed E-state index contributed by atoms with van der Waals surface area (Å²) in [7, 11) is 0. The number of unbranched alkanes of at least 4 members (excludes halogenated alkanes) is 7. The van der Waals surface area contributed by atoms with Gasteiger partial charge in [0.05, 0.1) is 11.9 Å². The topological polar surface area (TPSA) is 105 Å². The van der Waals surface area contributed by atoms with Crippen LogP contribution < -0.4 is 4.57 Å². The van der Waals surface area contributed by atoms with E-state index in [0.29, 0.717) is 12.8 Å². The third-order valence-corrected chi connectivity index (χ3v) is 13.3. The summed E-state index contributed by atoms with van der Waals surface area (Å²) in [5, 5.41) is 20.4. The fourth-order valence-electron chi connectivity index (χ4n) is 9.16. The van der Waals surface area contributed by atoms with Crippen molar-refractivity contribution in [3.63, 3.8) is 0 Å². The van der Waals surface area contributed by atoms with Gasteiger partial charge in [-0.2, -0.15) is 0 Å². The fourth-order valence-corrected chi connectivity index (χ4v) is 9.82. The largest absolute Gasteiger partial charge is 0.481 e. The van der Waals surface area contributed by atoms with Gasteiger partial charge in [0.25, 0.3) is 0 Å². The molecule has 0 aliphatic heterocycles. The molecule has 2 N–H and O–H groups in total. The molecular formula is C38H58NO6S+. The number of carbonyl (C=O) groups excluding carboxylic acids is 2. The van der Waals surface area contributed by atoms with E-state index in [1.807, 2.05) is 25.1 Å². The molecule has 7 nitrogen and oxygen atoms in total. The van der Waals surface area contributed by atoms with Gasteiger partial charge in [-0.3, -0.25) is 14.4 Å². The van der Waals surface area contributed by atoms with Crippen molar-refractivity contribution in [1.29, 1.82) is 0 Å². The minimum Gasteiger partial charge on any atom is -0.481 e. The standard InChI is InChI=1S/C38H57NO6S/c1-6-36(4)25-31(37(5)27(2)16-20-38(28(3)35(36)44)21-17-30(40)34(37)38)45-33(43)26-46-29-18-23-39(24-19-29)22-14-12-10-8-7-9-11-13-15-32(41)42/h6,18-19,23-24,27-28,31,34-35,44H,1,7-17,20-22,25-26H2,2-5H3/p+1/t27-,28+,31-,34+,35+,36-,37+,38+/m1/s1. The number of aliphatic hydroxyl groups is 1. The number of hydrogen-bond acceptors (Lipinski definition) is 6. The van der Waals surface area contributed by atoms with E-state index >= 15 is 0 Å². The molecule has 46 heavy (non-hydrogen) atoms. The van der Waals surface area contributed by atoms with Gasteiger partial charge in [-0.15, -0.1) is 18.3 Å². The molecule has 3 aliphatic carbocycles. The predicted octanol–water partition coefficient (Wildman–Crippen LogP) is 7.57. The summed E-state index contributed by atoms with van der Waals surface area (Å²) in [6.45, 7) is 13.6. The molecule has 0 spiro atoms. The van der Waals surface area contributed by atoms with Crippen molar-refractivity contribution in [3.8, 4) is 0 Å². The Labute approximate surface area is 281 Å². The summed E-state index contributed by atoms with van der Waals surface area (Å²) in [5.41, 5.74) is -1.40. The lowest BCUT2D eigenvalue weighted by atomic mass is 9.44. The monoisotopic (exact) mass is 656 g/mol. The number of Topliss-reactive ketones (excluding diaryl/α,β-unsaturated/α-hetero) is 1. The van der Waals surface area contributed by atoms with E-state index < -0.39 is 29.0 Å². The molecule has 1 aromatic rings. The number of aryl methyl sites for hydroxylation is 1. The highest BCUT2D eigenvalue weighted by Crippen LogP contribution is 2.68. The first-order chi connectivity index (χ1) is 21.9. The predicted molar refractivity (Wildman–Crippen MR) is 181 cm³/mol. The Morgan fingerprint density at radius 1 is 1.04 bits per heavy atom. The third kappa shape index (κ3) is 7.91. The Bertz CT molecular complexity index is 1220. The van der Waals surface area contributed by atoms with E-state index in [0.717, 1.165) is 56.4 Å². The van der Waals surface area contributed by atoms with Gasteiger partial charge in [0.2, 0.25) is 0 Å². The minimum atomic E-state index is -0.701. The molecule has 3 aliphatic rings.